The third-order valence-corrected chi connectivity index (χ3v) is 5.37. The quantitative estimate of drug-likeness (QED) is 0.726. The molecule has 2 aromatic carbocycles. The number of anilines is 1. The van der Waals surface area contributed by atoms with E-state index in [4.69, 9.17) is 11.6 Å². The summed E-state index contributed by atoms with van der Waals surface area (Å²) in [6.45, 7) is 1.87. The van der Waals surface area contributed by atoms with E-state index in [0.717, 1.165) is 30.4 Å². The molecule has 0 aliphatic carbocycles. The van der Waals surface area contributed by atoms with Gasteiger partial charge in [0.2, 0.25) is 0 Å². The molecule has 1 saturated heterocycles. The number of hydrogen-bond acceptors (Lipinski definition) is 2. The second-order valence-corrected chi connectivity index (χ2v) is 7.44. The molecule has 5 heteroatoms. The second kappa shape index (κ2) is 7.58. The molecule has 1 fully saturated rings. The zero-order chi connectivity index (χ0) is 17.1. The first-order valence-electron chi connectivity index (χ1n) is 8.08. The zero-order valence-electron chi connectivity index (χ0n) is 13.6. The Morgan fingerprint density at radius 2 is 2.00 bits per heavy atom. The Labute approximate surface area is 156 Å². The topological polar surface area (TPSA) is 23.6 Å². The number of para-hydroxylation sites is 1. The Morgan fingerprint density at radius 3 is 2.75 bits per heavy atom. The summed E-state index contributed by atoms with van der Waals surface area (Å²) < 4.78 is 0.859. The van der Waals surface area contributed by atoms with Crippen molar-refractivity contribution in [3.05, 3.63) is 63.6 Å². The van der Waals surface area contributed by atoms with Crippen LogP contribution in [0.2, 0.25) is 5.02 Å². The third kappa shape index (κ3) is 3.76. The van der Waals surface area contributed by atoms with Crippen molar-refractivity contribution in [2.75, 3.05) is 25.0 Å². The maximum atomic E-state index is 12.9. The lowest BCUT2D eigenvalue weighted by atomic mass is 10.0. The van der Waals surface area contributed by atoms with E-state index < -0.39 is 0 Å². The van der Waals surface area contributed by atoms with Crippen LogP contribution in [0.4, 0.5) is 5.69 Å². The van der Waals surface area contributed by atoms with Crippen molar-refractivity contribution in [2.24, 2.45) is 0 Å². The van der Waals surface area contributed by atoms with Crippen molar-refractivity contribution in [3.8, 4) is 0 Å². The van der Waals surface area contributed by atoms with E-state index in [1.165, 1.54) is 5.69 Å². The SMILES string of the molecule is CN(C(=O)c1cc(Br)ccc1Cl)C1CCCN(c2ccccc2)C1. The monoisotopic (exact) mass is 406 g/mol. The van der Waals surface area contributed by atoms with Gasteiger partial charge in [0.05, 0.1) is 10.6 Å². The Bertz CT molecular complexity index is 723. The minimum atomic E-state index is -0.0267. The Balaban J connectivity index is 1.75. The summed E-state index contributed by atoms with van der Waals surface area (Å²) in [7, 11) is 1.87. The average Bonchev–Trinajstić information content (AvgIpc) is 2.63. The van der Waals surface area contributed by atoms with Crippen LogP contribution in [0.1, 0.15) is 23.2 Å². The van der Waals surface area contributed by atoms with Gasteiger partial charge in [-0.25, -0.2) is 0 Å². The van der Waals surface area contributed by atoms with Crippen LogP contribution in [-0.4, -0.2) is 37.0 Å². The van der Waals surface area contributed by atoms with Crippen LogP contribution in [0.5, 0.6) is 0 Å². The molecule has 3 rings (SSSR count). The molecule has 1 heterocycles. The highest BCUT2D eigenvalue weighted by Gasteiger charge is 2.27. The van der Waals surface area contributed by atoms with Gasteiger partial charge >= 0.3 is 0 Å². The largest absolute Gasteiger partial charge is 0.369 e. The molecule has 0 spiro atoms. The Morgan fingerprint density at radius 1 is 1.25 bits per heavy atom. The first-order chi connectivity index (χ1) is 11.6. The Hall–Kier alpha value is -1.52. The van der Waals surface area contributed by atoms with Crippen LogP contribution in [0.15, 0.2) is 53.0 Å². The summed E-state index contributed by atoms with van der Waals surface area (Å²) in [5.74, 6) is -0.0267. The van der Waals surface area contributed by atoms with E-state index >= 15 is 0 Å². The number of nitrogens with zero attached hydrogens (tertiary/aromatic N) is 2. The highest BCUT2D eigenvalue weighted by atomic mass is 79.9. The summed E-state index contributed by atoms with van der Waals surface area (Å²) in [4.78, 5) is 17.0. The molecule has 0 bridgehead atoms. The van der Waals surface area contributed by atoms with Crippen molar-refractivity contribution < 1.29 is 4.79 Å². The average molecular weight is 408 g/mol. The van der Waals surface area contributed by atoms with Crippen molar-refractivity contribution >= 4 is 39.1 Å². The van der Waals surface area contributed by atoms with Gasteiger partial charge < -0.3 is 9.80 Å². The normalized spacial score (nSPS) is 17.6. The molecule has 2 aromatic rings. The van der Waals surface area contributed by atoms with Gasteiger partial charge in [-0.1, -0.05) is 45.7 Å². The van der Waals surface area contributed by atoms with E-state index in [2.05, 4.69) is 45.1 Å². The predicted octanol–water partition coefficient (Wildman–Crippen LogP) is 4.84. The van der Waals surface area contributed by atoms with Gasteiger partial charge in [-0.05, 0) is 43.2 Å². The fraction of sp³-hybridized carbons (Fsp3) is 0.316. The Kier molecular flexibility index (Phi) is 5.47. The van der Waals surface area contributed by atoms with Crippen molar-refractivity contribution in [1.29, 1.82) is 0 Å². The standard InChI is InChI=1S/C19H20BrClN2O/c1-22(19(24)17-12-14(20)9-10-18(17)21)16-8-5-11-23(13-16)15-6-3-2-4-7-15/h2-4,6-7,9-10,12,16H,5,8,11,13H2,1H3. The number of amides is 1. The summed E-state index contributed by atoms with van der Waals surface area (Å²) in [6.07, 6.45) is 2.08. The van der Waals surface area contributed by atoms with Crippen LogP contribution >= 0.6 is 27.5 Å². The molecule has 24 heavy (non-hydrogen) atoms. The molecule has 1 atom stereocenters. The number of piperidine rings is 1. The summed E-state index contributed by atoms with van der Waals surface area (Å²) in [5, 5.41) is 0.491. The molecule has 0 saturated carbocycles. The number of carbonyl (C=O) groups excluding carboxylic acids is 1. The lowest BCUT2D eigenvalue weighted by molar-refractivity contribution is 0.0717. The number of benzene rings is 2. The first kappa shape index (κ1) is 17.3. The molecule has 3 nitrogen and oxygen atoms in total. The van der Waals surface area contributed by atoms with Gasteiger partial charge in [-0.3, -0.25) is 4.79 Å². The third-order valence-electron chi connectivity index (χ3n) is 4.54. The fourth-order valence-electron chi connectivity index (χ4n) is 3.16. The highest BCUT2D eigenvalue weighted by molar-refractivity contribution is 9.10. The molecule has 1 aliphatic rings. The number of carbonyl (C=O) groups is 1. The lowest BCUT2D eigenvalue weighted by Gasteiger charge is -2.39. The molecular weight excluding hydrogens is 388 g/mol. The van der Waals surface area contributed by atoms with Crippen LogP contribution in [-0.2, 0) is 0 Å². The van der Waals surface area contributed by atoms with Crippen LogP contribution in [0.3, 0.4) is 0 Å². The van der Waals surface area contributed by atoms with Crippen molar-refractivity contribution in [2.45, 2.75) is 18.9 Å². The molecule has 0 radical (unpaired) electrons. The van der Waals surface area contributed by atoms with Gasteiger partial charge in [0.1, 0.15) is 0 Å². The predicted molar refractivity (Wildman–Crippen MR) is 103 cm³/mol. The van der Waals surface area contributed by atoms with Gasteiger partial charge in [0, 0.05) is 36.3 Å². The molecule has 126 valence electrons. The van der Waals surface area contributed by atoms with Crippen molar-refractivity contribution in [3.63, 3.8) is 0 Å². The van der Waals surface area contributed by atoms with E-state index in [0.29, 0.717) is 10.6 Å². The molecule has 1 aliphatic heterocycles. The molecule has 0 N–H and O–H groups in total. The van der Waals surface area contributed by atoms with Crippen LogP contribution in [0.25, 0.3) is 0 Å². The highest BCUT2D eigenvalue weighted by Crippen LogP contribution is 2.26. The van der Waals surface area contributed by atoms with Crippen LogP contribution in [0, 0.1) is 0 Å². The van der Waals surface area contributed by atoms with Gasteiger partial charge in [-0.2, -0.15) is 0 Å². The van der Waals surface area contributed by atoms with E-state index in [9.17, 15) is 4.79 Å². The summed E-state index contributed by atoms with van der Waals surface area (Å²) in [6, 6.07) is 15.9. The van der Waals surface area contributed by atoms with Crippen LogP contribution < -0.4 is 4.90 Å². The maximum absolute atomic E-state index is 12.9. The lowest BCUT2D eigenvalue weighted by Crippen LogP contribution is -2.48. The summed E-state index contributed by atoms with van der Waals surface area (Å²) >= 11 is 9.63. The summed E-state index contributed by atoms with van der Waals surface area (Å²) in [5.41, 5.74) is 1.76. The molecule has 1 amide bonds. The number of hydrogen-bond donors (Lipinski definition) is 0. The number of likely N-dealkylation sites (N-methyl/N-ethyl adjacent to an activating group) is 1. The van der Waals surface area contributed by atoms with Gasteiger partial charge in [0.25, 0.3) is 5.91 Å². The molecule has 1 unspecified atom stereocenters. The van der Waals surface area contributed by atoms with E-state index in [1.54, 1.807) is 12.1 Å². The number of halogens is 2. The minimum Gasteiger partial charge on any atom is -0.369 e. The minimum absolute atomic E-state index is 0.0267. The number of rotatable bonds is 3. The van der Waals surface area contributed by atoms with Gasteiger partial charge in [0.15, 0.2) is 0 Å². The van der Waals surface area contributed by atoms with E-state index in [-0.39, 0.29) is 11.9 Å². The first-order valence-corrected chi connectivity index (χ1v) is 9.25. The second-order valence-electron chi connectivity index (χ2n) is 6.12. The van der Waals surface area contributed by atoms with Gasteiger partial charge in [-0.15, -0.1) is 0 Å². The zero-order valence-corrected chi connectivity index (χ0v) is 15.9. The molecular formula is C19H20BrClN2O. The fourth-order valence-corrected chi connectivity index (χ4v) is 3.72. The molecule has 0 aromatic heterocycles. The van der Waals surface area contributed by atoms with Crippen molar-refractivity contribution in [1.82, 2.24) is 4.90 Å². The smallest absolute Gasteiger partial charge is 0.255 e. The maximum Gasteiger partial charge on any atom is 0.255 e. The van der Waals surface area contributed by atoms with E-state index in [1.807, 2.05) is 24.1 Å².